The van der Waals surface area contributed by atoms with E-state index in [9.17, 15) is 23.2 Å². The van der Waals surface area contributed by atoms with Gasteiger partial charge in [0.1, 0.15) is 12.4 Å². The molecule has 11 nitrogen and oxygen atoms in total. The van der Waals surface area contributed by atoms with Crippen LogP contribution in [0.25, 0.3) is 10.9 Å². The number of carbonyl (C=O) groups is 2. The van der Waals surface area contributed by atoms with Crippen LogP contribution in [0.4, 0.5) is 0 Å². The van der Waals surface area contributed by atoms with Gasteiger partial charge in [0.15, 0.2) is 0 Å². The van der Waals surface area contributed by atoms with Crippen LogP contribution in [0.15, 0.2) is 48.5 Å². The van der Waals surface area contributed by atoms with Crippen LogP contribution in [0, 0.1) is 6.92 Å². The first-order valence-electron chi connectivity index (χ1n) is 12.1. The molecule has 0 saturated carbocycles. The standard InChI is InChI=1S/C26H31N5O6S.2ClH/c1-17-13-19(21-5-3-4-6-23(21)28-17)16-37-20-7-8-22(25(27)32)18(14-20)15-24(26(33)29-34)30-9-11-31(12-10-30)38(2,35)36;;/h3-8,13-14,24,34H,9-12,15-16H2,1-2H3,(H2,27,32)(H,29,33);2*1H/t24-;;/m0../s1. The largest absolute Gasteiger partial charge is 0.489 e. The number of para-hydroxylation sites is 1. The number of amides is 2. The maximum atomic E-state index is 12.6. The molecule has 0 unspecified atom stereocenters. The lowest BCUT2D eigenvalue weighted by Gasteiger charge is -2.37. The molecule has 1 aliphatic heterocycles. The molecule has 2 amide bonds. The van der Waals surface area contributed by atoms with Crippen LogP contribution in [0.1, 0.15) is 27.2 Å². The van der Waals surface area contributed by atoms with Gasteiger partial charge in [-0.2, -0.15) is 4.31 Å². The van der Waals surface area contributed by atoms with Gasteiger partial charge in [-0.15, -0.1) is 24.8 Å². The maximum absolute atomic E-state index is 12.6. The van der Waals surface area contributed by atoms with E-state index in [0.29, 0.717) is 11.3 Å². The van der Waals surface area contributed by atoms with Crippen LogP contribution in [-0.4, -0.2) is 78.1 Å². The number of nitrogens with one attached hydrogen (secondary N) is 1. The molecule has 1 fully saturated rings. The normalized spacial score (nSPS) is 15.0. The molecule has 1 saturated heterocycles. The summed E-state index contributed by atoms with van der Waals surface area (Å²) in [6.07, 6.45) is 1.19. The number of aryl methyl sites for hydroxylation is 1. The number of carbonyl (C=O) groups excluding carboxylic acids is 2. The molecule has 0 bridgehead atoms. The smallest absolute Gasteiger partial charge is 0.261 e. The quantitative estimate of drug-likeness (QED) is 0.245. The number of benzene rings is 2. The number of piperazine rings is 1. The maximum Gasteiger partial charge on any atom is 0.261 e. The zero-order chi connectivity index (χ0) is 27.4. The Labute approximate surface area is 245 Å². The number of rotatable bonds is 9. The predicted molar refractivity (Wildman–Crippen MR) is 156 cm³/mol. The number of fused-ring (bicyclic) bond motifs is 1. The van der Waals surface area contributed by atoms with Crippen LogP contribution in [-0.2, 0) is 27.8 Å². The number of hydroxylamine groups is 1. The number of hydrogen-bond donors (Lipinski definition) is 3. The summed E-state index contributed by atoms with van der Waals surface area (Å²) in [6.45, 7) is 3.15. The Morgan fingerprint density at radius 2 is 1.75 bits per heavy atom. The van der Waals surface area contributed by atoms with Crippen LogP contribution in [0.3, 0.4) is 0 Å². The van der Waals surface area contributed by atoms with E-state index in [-0.39, 0.29) is 69.6 Å². The van der Waals surface area contributed by atoms with Gasteiger partial charge in [-0.3, -0.25) is 24.7 Å². The summed E-state index contributed by atoms with van der Waals surface area (Å²) in [7, 11) is -3.35. The third kappa shape index (κ3) is 7.80. The molecule has 40 heavy (non-hydrogen) atoms. The van der Waals surface area contributed by atoms with Gasteiger partial charge >= 0.3 is 0 Å². The minimum absolute atomic E-state index is 0. The van der Waals surface area contributed by atoms with Crippen molar-refractivity contribution in [3.63, 3.8) is 0 Å². The van der Waals surface area contributed by atoms with Crippen molar-refractivity contribution in [2.45, 2.75) is 26.0 Å². The topological polar surface area (TPSA) is 155 Å². The second-order valence-corrected chi connectivity index (χ2v) is 11.3. The molecule has 0 aliphatic carbocycles. The molecule has 14 heteroatoms. The second kappa shape index (κ2) is 14.1. The number of nitrogens with two attached hydrogens (primary N) is 1. The van der Waals surface area contributed by atoms with Gasteiger partial charge in [0.2, 0.25) is 15.9 Å². The van der Waals surface area contributed by atoms with Gasteiger partial charge < -0.3 is 10.5 Å². The Bertz CT molecular complexity index is 1470. The number of halogens is 2. The van der Waals surface area contributed by atoms with Crippen molar-refractivity contribution in [2.24, 2.45) is 5.73 Å². The highest BCUT2D eigenvalue weighted by atomic mass is 35.5. The summed E-state index contributed by atoms with van der Waals surface area (Å²) < 4.78 is 31.2. The molecule has 2 aromatic carbocycles. The molecule has 3 aromatic rings. The van der Waals surface area contributed by atoms with Crippen LogP contribution >= 0.6 is 24.8 Å². The van der Waals surface area contributed by atoms with Crippen LogP contribution < -0.4 is 16.0 Å². The van der Waals surface area contributed by atoms with E-state index in [1.165, 1.54) is 4.31 Å². The Kier molecular flexibility index (Phi) is 11.7. The fourth-order valence-electron chi connectivity index (χ4n) is 4.76. The van der Waals surface area contributed by atoms with Gasteiger partial charge in [0, 0.05) is 48.4 Å². The minimum Gasteiger partial charge on any atom is -0.489 e. The number of ether oxygens (including phenoxy) is 1. The van der Waals surface area contributed by atoms with Crippen molar-refractivity contribution in [2.75, 3.05) is 32.4 Å². The second-order valence-electron chi connectivity index (χ2n) is 9.31. The molecule has 1 aliphatic rings. The van der Waals surface area contributed by atoms with Crippen molar-refractivity contribution in [1.29, 1.82) is 0 Å². The van der Waals surface area contributed by atoms with Crippen molar-refractivity contribution >= 4 is 57.6 Å². The van der Waals surface area contributed by atoms with Crippen LogP contribution in [0.5, 0.6) is 5.75 Å². The highest BCUT2D eigenvalue weighted by Gasteiger charge is 2.32. The Hall–Kier alpha value is -3.00. The Morgan fingerprint density at radius 1 is 1.07 bits per heavy atom. The lowest BCUT2D eigenvalue weighted by atomic mass is 9.97. The summed E-state index contributed by atoms with van der Waals surface area (Å²) in [6, 6.07) is 13.7. The van der Waals surface area contributed by atoms with E-state index in [1.54, 1.807) is 28.6 Å². The first-order chi connectivity index (χ1) is 18.1. The number of aromatic nitrogens is 1. The third-order valence-electron chi connectivity index (χ3n) is 6.68. The first-order valence-corrected chi connectivity index (χ1v) is 14.0. The van der Waals surface area contributed by atoms with Gasteiger partial charge in [-0.25, -0.2) is 13.9 Å². The molecular weight excluding hydrogens is 581 g/mol. The molecule has 0 radical (unpaired) electrons. The van der Waals surface area contributed by atoms with Gasteiger partial charge in [0.05, 0.1) is 17.8 Å². The van der Waals surface area contributed by atoms with Crippen molar-refractivity contribution in [3.05, 3.63) is 70.9 Å². The van der Waals surface area contributed by atoms with E-state index >= 15 is 0 Å². The number of hydrogen-bond acceptors (Lipinski definition) is 8. The monoisotopic (exact) mass is 613 g/mol. The average molecular weight is 615 g/mol. The van der Waals surface area contributed by atoms with E-state index in [4.69, 9.17) is 10.5 Å². The van der Waals surface area contributed by atoms with E-state index in [0.717, 1.165) is 28.4 Å². The molecule has 2 heterocycles. The van der Waals surface area contributed by atoms with Crippen LogP contribution in [0.2, 0.25) is 0 Å². The highest BCUT2D eigenvalue weighted by molar-refractivity contribution is 7.88. The zero-order valence-corrected chi connectivity index (χ0v) is 24.5. The van der Waals surface area contributed by atoms with Gasteiger partial charge in [-0.1, -0.05) is 18.2 Å². The van der Waals surface area contributed by atoms with Crippen molar-refractivity contribution in [1.82, 2.24) is 19.7 Å². The molecule has 0 spiro atoms. The summed E-state index contributed by atoms with van der Waals surface area (Å²) in [5.41, 5.74) is 10.7. The predicted octanol–water partition coefficient (Wildman–Crippen LogP) is 2.06. The highest BCUT2D eigenvalue weighted by Crippen LogP contribution is 2.25. The van der Waals surface area contributed by atoms with Crippen molar-refractivity contribution in [3.8, 4) is 5.75 Å². The first kappa shape index (κ1) is 33.2. The lowest BCUT2D eigenvalue weighted by Crippen LogP contribution is -2.56. The van der Waals surface area contributed by atoms with Crippen molar-refractivity contribution < 1.29 is 28.0 Å². The molecular formula is C26H33Cl2N5O6S. The fraction of sp³-hybridized carbons (Fsp3) is 0.346. The number of sulfonamides is 1. The number of primary amides is 1. The van der Waals surface area contributed by atoms with Gasteiger partial charge in [-0.05, 0) is 49.2 Å². The molecule has 1 aromatic heterocycles. The number of pyridine rings is 1. The summed E-state index contributed by atoms with van der Waals surface area (Å²) in [5.74, 6) is -0.848. The molecule has 1 atom stereocenters. The summed E-state index contributed by atoms with van der Waals surface area (Å²) in [5, 5.41) is 10.4. The molecule has 4 rings (SSSR count). The zero-order valence-electron chi connectivity index (χ0n) is 22.1. The Morgan fingerprint density at radius 3 is 2.38 bits per heavy atom. The molecule has 4 N–H and O–H groups in total. The van der Waals surface area contributed by atoms with E-state index in [1.807, 2.05) is 37.3 Å². The third-order valence-corrected chi connectivity index (χ3v) is 7.98. The summed E-state index contributed by atoms with van der Waals surface area (Å²) in [4.78, 5) is 31.1. The number of nitrogens with zero attached hydrogens (tertiary/aromatic N) is 3. The van der Waals surface area contributed by atoms with Gasteiger partial charge in [0.25, 0.3) is 5.91 Å². The van der Waals surface area contributed by atoms with E-state index < -0.39 is 27.9 Å². The fourth-order valence-corrected chi connectivity index (χ4v) is 5.59. The Balaban J connectivity index is 0.00000280. The molecule has 218 valence electrons. The SMILES string of the molecule is Cc1cc(COc2ccc(C(N)=O)c(C[C@@H](C(=O)NO)N3CCN(S(C)(=O)=O)CC3)c2)c2ccccc2n1.Cl.Cl. The summed E-state index contributed by atoms with van der Waals surface area (Å²) >= 11 is 0. The van der Waals surface area contributed by atoms with E-state index in [2.05, 4.69) is 4.98 Å². The lowest BCUT2D eigenvalue weighted by molar-refractivity contribution is -0.135. The minimum atomic E-state index is -3.35. The average Bonchev–Trinajstić information content (AvgIpc) is 2.89.